The van der Waals surface area contributed by atoms with Crippen LogP contribution in [-0.2, 0) is 4.74 Å². The van der Waals surface area contributed by atoms with Gasteiger partial charge in [0.2, 0.25) is 0 Å². The summed E-state index contributed by atoms with van der Waals surface area (Å²) in [5.74, 6) is 0.127. The van der Waals surface area contributed by atoms with E-state index in [9.17, 15) is 4.79 Å². The Labute approximate surface area is 110 Å². The van der Waals surface area contributed by atoms with Gasteiger partial charge in [-0.05, 0) is 13.0 Å². The first-order valence-corrected chi connectivity index (χ1v) is 7.01. The van der Waals surface area contributed by atoms with Gasteiger partial charge < -0.3 is 9.64 Å². The maximum atomic E-state index is 12.5. The molecule has 1 unspecified atom stereocenters. The van der Waals surface area contributed by atoms with Crippen LogP contribution >= 0.6 is 11.3 Å². The fourth-order valence-electron chi connectivity index (χ4n) is 2.32. The third-order valence-corrected chi connectivity index (χ3v) is 4.20. The van der Waals surface area contributed by atoms with Gasteiger partial charge in [-0.25, -0.2) is 0 Å². The normalized spacial score (nSPS) is 20.3. The molecule has 3 nitrogen and oxygen atoms in total. The number of hydrogen-bond acceptors (Lipinski definition) is 3. The third-order valence-electron chi connectivity index (χ3n) is 3.24. The molecule has 1 aromatic heterocycles. The minimum absolute atomic E-state index is 0.127. The zero-order valence-electron chi connectivity index (χ0n) is 10.3. The Kier molecular flexibility index (Phi) is 3.06. The second kappa shape index (κ2) is 4.71. The second-order valence-corrected chi connectivity index (χ2v) is 5.49. The van der Waals surface area contributed by atoms with E-state index < -0.39 is 0 Å². The minimum Gasteiger partial charge on any atom is -0.375 e. The van der Waals surface area contributed by atoms with Gasteiger partial charge in [0.25, 0.3) is 5.91 Å². The molecule has 2 aromatic rings. The maximum Gasteiger partial charge on any atom is 0.255 e. The van der Waals surface area contributed by atoms with E-state index >= 15 is 0 Å². The van der Waals surface area contributed by atoms with Crippen molar-refractivity contribution in [3.8, 4) is 0 Å². The van der Waals surface area contributed by atoms with Crippen molar-refractivity contribution in [3.05, 3.63) is 35.2 Å². The summed E-state index contributed by atoms with van der Waals surface area (Å²) in [6, 6.07) is 8.05. The van der Waals surface area contributed by atoms with Crippen LogP contribution in [0.3, 0.4) is 0 Å². The highest BCUT2D eigenvalue weighted by Crippen LogP contribution is 2.27. The van der Waals surface area contributed by atoms with Gasteiger partial charge in [-0.15, -0.1) is 11.3 Å². The number of morpholine rings is 1. The lowest BCUT2D eigenvalue weighted by atomic mass is 10.1. The van der Waals surface area contributed by atoms with Crippen LogP contribution in [0, 0.1) is 0 Å². The van der Waals surface area contributed by atoms with Crippen molar-refractivity contribution in [1.82, 2.24) is 4.90 Å². The summed E-state index contributed by atoms with van der Waals surface area (Å²) in [6.07, 6.45) is 0.132. The number of ether oxygens (including phenoxy) is 1. The Balaban J connectivity index is 1.92. The summed E-state index contributed by atoms with van der Waals surface area (Å²) in [5.41, 5.74) is 0.824. The van der Waals surface area contributed by atoms with Gasteiger partial charge in [-0.2, -0.15) is 0 Å². The molecular formula is C14H15NO2S. The predicted molar refractivity (Wildman–Crippen MR) is 73.1 cm³/mol. The molecule has 0 aliphatic carbocycles. The van der Waals surface area contributed by atoms with E-state index in [4.69, 9.17) is 4.74 Å². The first-order chi connectivity index (χ1) is 8.75. The SMILES string of the molecule is CC1CN(C(=O)c2csc3ccccc23)CCO1. The lowest BCUT2D eigenvalue weighted by Crippen LogP contribution is -2.44. The van der Waals surface area contributed by atoms with E-state index in [1.807, 2.05) is 35.4 Å². The van der Waals surface area contributed by atoms with Crippen LogP contribution in [0.2, 0.25) is 0 Å². The molecule has 0 bridgehead atoms. The number of carbonyl (C=O) groups excluding carboxylic acids is 1. The van der Waals surface area contributed by atoms with Crippen molar-refractivity contribution in [2.45, 2.75) is 13.0 Å². The Morgan fingerprint density at radius 3 is 3.11 bits per heavy atom. The molecule has 1 aromatic carbocycles. The molecule has 94 valence electrons. The third kappa shape index (κ3) is 2.02. The maximum absolute atomic E-state index is 12.5. The van der Waals surface area contributed by atoms with Gasteiger partial charge in [0.05, 0.1) is 18.3 Å². The lowest BCUT2D eigenvalue weighted by molar-refractivity contribution is -0.0123. The summed E-state index contributed by atoms with van der Waals surface area (Å²) < 4.78 is 6.64. The smallest absolute Gasteiger partial charge is 0.255 e. The van der Waals surface area contributed by atoms with Crippen molar-refractivity contribution < 1.29 is 9.53 Å². The molecule has 1 amide bonds. The summed E-state index contributed by atoms with van der Waals surface area (Å²) in [4.78, 5) is 14.4. The van der Waals surface area contributed by atoms with Crippen LogP contribution in [0.4, 0.5) is 0 Å². The average Bonchev–Trinajstić information content (AvgIpc) is 2.82. The van der Waals surface area contributed by atoms with E-state index in [0.717, 1.165) is 10.9 Å². The fraction of sp³-hybridized carbons (Fsp3) is 0.357. The fourth-order valence-corrected chi connectivity index (χ4v) is 3.25. The van der Waals surface area contributed by atoms with Crippen LogP contribution in [0.1, 0.15) is 17.3 Å². The molecule has 1 aliphatic heterocycles. The highest BCUT2D eigenvalue weighted by Gasteiger charge is 2.24. The zero-order chi connectivity index (χ0) is 12.5. The molecule has 3 rings (SSSR count). The second-order valence-electron chi connectivity index (χ2n) is 4.58. The van der Waals surface area contributed by atoms with E-state index in [2.05, 4.69) is 6.07 Å². The molecule has 0 saturated carbocycles. The van der Waals surface area contributed by atoms with Gasteiger partial charge in [-0.1, -0.05) is 18.2 Å². The minimum atomic E-state index is 0.127. The van der Waals surface area contributed by atoms with Crippen LogP contribution in [0.5, 0.6) is 0 Å². The Morgan fingerprint density at radius 1 is 1.44 bits per heavy atom. The zero-order valence-corrected chi connectivity index (χ0v) is 11.1. The number of amides is 1. The highest BCUT2D eigenvalue weighted by molar-refractivity contribution is 7.17. The molecular weight excluding hydrogens is 246 g/mol. The van der Waals surface area contributed by atoms with E-state index in [-0.39, 0.29) is 12.0 Å². The Hall–Kier alpha value is -1.39. The summed E-state index contributed by atoms with van der Waals surface area (Å²) in [5, 5.41) is 3.03. The summed E-state index contributed by atoms with van der Waals surface area (Å²) in [7, 11) is 0. The number of carbonyl (C=O) groups is 1. The van der Waals surface area contributed by atoms with Gasteiger partial charge in [0.15, 0.2) is 0 Å². The largest absolute Gasteiger partial charge is 0.375 e. The monoisotopic (exact) mass is 261 g/mol. The molecule has 18 heavy (non-hydrogen) atoms. The number of hydrogen-bond donors (Lipinski definition) is 0. The first-order valence-electron chi connectivity index (χ1n) is 6.13. The van der Waals surface area contributed by atoms with Crippen molar-refractivity contribution in [1.29, 1.82) is 0 Å². The van der Waals surface area contributed by atoms with Crippen molar-refractivity contribution in [2.75, 3.05) is 19.7 Å². The first kappa shape index (κ1) is 11.7. The molecule has 0 spiro atoms. The van der Waals surface area contributed by atoms with Crippen molar-refractivity contribution >= 4 is 27.3 Å². The van der Waals surface area contributed by atoms with Crippen molar-refractivity contribution in [2.24, 2.45) is 0 Å². The number of thiophene rings is 1. The summed E-state index contributed by atoms with van der Waals surface area (Å²) in [6.45, 7) is 4.01. The molecule has 1 aliphatic rings. The van der Waals surface area contributed by atoms with E-state index in [1.54, 1.807) is 11.3 Å². The molecule has 0 radical (unpaired) electrons. The predicted octanol–water partition coefficient (Wildman–Crippen LogP) is 2.76. The Morgan fingerprint density at radius 2 is 2.28 bits per heavy atom. The number of rotatable bonds is 1. The van der Waals surface area contributed by atoms with E-state index in [0.29, 0.717) is 19.7 Å². The van der Waals surface area contributed by atoms with Gasteiger partial charge >= 0.3 is 0 Å². The lowest BCUT2D eigenvalue weighted by Gasteiger charge is -2.31. The van der Waals surface area contributed by atoms with Gasteiger partial charge in [-0.3, -0.25) is 4.79 Å². The molecule has 2 heterocycles. The van der Waals surface area contributed by atoms with Gasteiger partial charge in [0, 0.05) is 28.6 Å². The molecule has 4 heteroatoms. The number of nitrogens with zero attached hydrogens (tertiary/aromatic N) is 1. The van der Waals surface area contributed by atoms with Gasteiger partial charge in [0.1, 0.15) is 0 Å². The Bertz CT molecular complexity index is 578. The molecule has 1 atom stereocenters. The summed E-state index contributed by atoms with van der Waals surface area (Å²) >= 11 is 1.63. The molecule has 1 fully saturated rings. The molecule has 1 saturated heterocycles. The van der Waals surface area contributed by atoms with Crippen LogP contribution in [-0.4, -0.2) is 36.6 Å². The van der Waals surface area contributed by atoms with E-state index in [1.165, 1.54) is 4.70 Å². The average molecular weight is 261 g/mol. The number of fused-ring (bicyclic) bond motifs is 1. The molecule has 0 N–H and O–H groups in total. The van der Waals surface area contributed by atoms with Crippen molar-refractivity contribution in [3.63, 3.8) is 0 Å². The van der Waals surface area contributed by atoms with Crippen LogP contribution in [0.15, 0.2) is 29.6 Å². The topological polar surface area (TPSA) is 29.5 Å². The quantitative estimate of drug-likeness (QED) is 0.790. The van der Waals surface area contributed by atoms with Crippen LogP contribution < -0.4 is 0 Å². The standard InChI is InChI=1S/C14H15NO2S/c1-10-8-15(6-7-17-10)14(16)12-9-18-13-5-3-2-4-11(12)13/h2-5,9-10H,6-8H2,1H3. The highest BCUT2D eigenvalue weighted by atomic mass is 32.1. The number of benzene rings is 1. The van der Waals surface area contributed by atoms with Crippen LogP contribution in [0.25, 0.3) is 10.1 Å².